The second-order valence-electron chi connectivity index (χ2n) is 6.72. The van der Waals surface area contributed by atoms with Crippen LogP contribution in [0.5, 0.6) is 0 Å². The minimum Gasteiger partial charge on any atom is -0.872 e. The summed E-state index contributed by atoms with van der Waals surface area (Å²) in [5.41, 5.74) is 3.78. The van der Waals surface area contributed by atoms with Gasteiger partial charge in [-0.15, -0.1) is 0 Å². The summed E-state index contributed by atoms with van der Waals surface area (Å²) in [4.78, 5) is -1.16. The van der Waals surface area contributed by atoms with E-state index in [2.05, 4.69) is 4.74 Å². The van der Waals surface area contributed by atoms with E-state index in [0.717, 1.165) is 22.1 Å². The lowest BCUT2D eigenvalue weighted by molar-refractivity contribution is -0.361. The molecule has 0 aromatic heterocycles. The van der Waals surface area contributed by atoms with Crippen LogP contribution in [-0.4, -0.2) is 21.8 Å². The Balaban J connectivity index is 0.000000209. The maximum absolute atomic E-state index is 11.8. The lowest BCUT2D eigenvalue weighted by atomic mass is 9.94. The summed E-state index contributed by atoms with van der Waals surface area (Å²) < 4.78 is 49.9. The molecule has 2 heterocycles. The highest BCUT2D eigenvalue weighted by atomic mass is 32.2. The largest absolute Gasteiger partial charge is 0.872 e. The van der Waals surface area contributed by atoms with Crippen molar-refractivity contribution in [1.29, 1.82) is 0 Å². The summed E-state index contributed by atoms with van der Waals surface area (Å²) in [6, 6.07) is 0. The lowest BCUT2D eigenvalue weighted by Gasteiger charge is -2.25. The molecule has 9 heteroatoms. The van der Waals surface area contributed by atoms with Crippen LogP contribution in [0, 0.1) is 27.7 Å². The van der Waals surface area contributed by atoms with Crippen molar-refractivity contribution in [1.82, 2.24) is 0 Å². The third kappa shape index (κ3) is 3.09. The zero-order valence-corrected chi connectivity index (χ0v) is 17.0. The summed E-state index contributed by atoms with van der Waals surface area (Å²) in [5.74, 6) is -1.18. The average molecular weight is 400 g/mol. The third-order valence-corrected chi connectivity index (χ3v) is 8.27. The maximum Gasteiger partial charge on any atom is 0.200 e. The van der Waals surface area contributed by atoms with Crippen molar-refractivity contribution in [3.8, 4) is 0 Å². The molecule has 0 amide bonds. The number of hydrogen-bond donors (Lipinski definition) is 0. The molecule has 1 aromatic rings. The van der Waals surface area contributed by atoms with Crippen molar-refractivity contribution in [2.45, 2.75) is 51.4 Å². The van der Waals surface area contributed by atoms with Crippen LogP contribution in [0.15, 0.2) is 21.7 Å². The van der Waals surface area contributed by atoms with Gasteiger partial charge in [-0.2, -0.15) is 0 Å². The van der Waals surface area contributed by atoms with Crippen molar-refractivity contribution >= 4 is 25.4 Å². The zero-order chi connectivity index (χ0) is 20.2. The minimum absolute atomic E-state index is 0.207. The molecule has 2 aliphatic rings. The highest BCUT2D eigenvalue weighted by Crippen LogP contribution is 2.38. The molecule has 0 aliphatic carbocycles. The smallest absolute Gasteiger partial charge is 0.200 e. The monoisotopic (exact) mass is 400 g/mol. The second-order valence-corrected chi connectivity index (χ2v) is 10.8. The van der Waals surface area contributed by atoms with Crippen molar-refractivity contribution < 1.29 is 31.8 Å². The first-order valence-corrected chi connectivity index (χ1v) is 10.8. The van der Waals surface area contributed by atoms with Gasteiger partial charge in [-0.3, -0.25) is 0 Å². The first-order valence-electron chi connectivity index (χ1n) is 7.69. The number of rotatable bonds is 0. The Hall–Kier alpha value is -2.00. The molecule has 1 aromatic carbocycles. The predicted octanol–water partition coefficient (Wildman–Crippen LogP) is 0.693. The fraction of sp³-hybridized carbons (Fsp3) is 0.412. The number of ether oxygens (including phenoxy) is 1. The van der Waals surface area contributed by atoms with Crippen molar-refractivity contribution in [3.63, 3.8) is 0 Å². The molecular weight excluding hydrogens is 380 g/mol. The van der Waals surface area contributed by atoms with Crippen LogP contribution in [-0.2, 0) is 24.4 Å². The van der Waals surface area contributed by atoms with Crippen LogP contribution in [0.2, 0.25) is 0 Å². The average Bonchev–Trinajstić information content (AvgIpc) is 2.81. The van der Waals surface area contributed by atoms with Crippen LogP contribution in [0.4, 0.5) is 0 Å². The van der Waals surface area contributed by atoms with Crippen molar-refractivity contribution in [2.24, 2.45) is 0 Å². The normalized spacial score (nSPS) is 21.0. The van der Waals surface area contributed by atoms with E-state index < -0.39 is 36.3 Å². The summed E-state index contributed by atoms with van der Waals surface area (Å²) in [6.45, 7) is 10.0. The van der Waals surface area contributed by atoms with E-state index >= 15 is 0 Å². The molecule has 0 unspecified atom stereocenters. The molecule has 144 valence electrons. The Morgan fingerprint density at radius 3 is 1.73 bits per heavy atom. The molecule has 0 saturated heterocycles. The van der Waals surface area contributed by atoms with Gasteiger partial charge < -0.3 is 14.9 Å². The van der Waals surface area contributed by atoms with E-state index in [1.165, 1.54) is 13.8 Å². The third-order valence-electron chi connectivity index (χ3n) is 4.71. The Labute approximate surface area is 153 Å². The Morgan fingerprint density at radius 1 is 0.846 bits per heavy atom. The molecule has 2 aliphatic heterocycles. The minimum atomic E-state index is -3.52. The van der Waals surface area contributed by atoms with Crippen LogP contribution >= 0.6 is 0 Å². The molecule has 7 nitrogen and oxygen atoms in total. The van der Waals surface area contributed by atoms with Gasteiger partial charge in [0.15, 0.2) is 19.7 Å². The van der Waals surface area contributed by atoms with Gasteiger partial charge in [-0.1, -0.05) is 5.76 Å². The molecule has 3 rings (SSSR count). The Bertz CT molecular complexity index is 1060. The maximum atomic E-state index is 11.8. The topological polar surface area (TPSA) is 124 Å². The van der Waals surface area contributed by atoms with Crippen molar-refractivity contribution in [3.05, 3.63) is 44.6 Å². The molecule has 0 saturated carbocycles. The molecule has 0 atom stereocenters. The van der Waals surface area contributed by atoms with Crippen LogP contribution in [0.1, 0.15) is 41.7 Å². The van der Waals surface area contributed by atoms with Gasteiger partial charge in [0.05, 0.1) is 16.2 Å². The fourth-order valence-corrected chi connectivity index (χ4v) is 5.20. The number of hydrogen-bond acceptors (Lipinski definition) is 7. The lowest BCUT2D eigenvalue weighted by Crippen LogP contribution is -2.28. The van der Waals surface area contributed by atoms with E-state index in [-0.39, 0.29) is 4.90 Å². The summed E-state index contributed by atoms with van der Waals surface area (Å²) >= 11 is 0. The number of fused-ring (bicyclic) bond motifs is 1. The van der Waals surface area contributed by atoms with E-state index in [1.54, 1.807) is 13.8 Å². The molecule has 0 bridgehead atoms. The van der Waals surface area contributed by atoms with Crippen LogP contribution < -0.4 is 10.2 Å². The first-order chi connectivity index (χ1) is 11.6. The molecule has 26 heavy (non-hydrogen) atoms. The Morgan fingerprint density at radius 2 is 1.35 bits per heavy atom. The van der Waals surface area contributed by atoms with Crippen LogP contribution in [0.25, 0.3) is 5.76 Å². The molecule has 0 N–H and O–H groups in total. The summed E-state index contributed by atoms with van der Waals surface area (Å²) in [7, 11) is -6.99. The second kappa shape index (κ2) is 6.02. The van der Waals surface area contributed by atoms with E-state index in [1.807, 2.05) is 13.8 Å². The molecule has 0 spiro atoms. The molecule has 0 radical (unpaired) electrons. The quantitative estimate of drug-likeness (QED) is 0.627. The summed E-state index contributed by atoms with van der Waals surface area (Å²) in [6.07, 6.45) is 0. The first kappa shape index (κ1) is 20.3. The van der Waals surface area contributed by atoms with E-state index in [9.17, 15) is 27.0 Å². The standard InChI is InChI=1S/C12H14O3S.C5H8O4S/c1-6-7(2)9(4)12-11(8(6)3)10(13)5-16(12,14)15;1-5(2)9-4(6)3-10(5,7)8/h5,13H,1-4H3;3,6H,1-2H3/p-2. The molecule has 0 fully saturated rings. The Kier molecular flexibility index (Phi) is 4.70. The fourth-order valence-electron chi connectivity index (χ4n) is 2.78. The number of benzene rings is 1. The van der Waals surface area contributed by atoms with Crippen molar-refractivity contribution in [2.75, 3.05) is 0 Å². The van der Waals surface area contributed by atoms with Gasteiger partial charge in [-0.05, 0) is 69.4 Å². The van der Waals surface area contributed by atoms with Gasteiger partial charge in [0.2, 0.25) is 0 Å². The van der Waals surface area contributed by atoms with E-state index in [0.29, 0.717) is 16.5 Å². The SMILES string of the molecule is CC1(C)OC([O-])=CS1(=O)=O.Cc1c(C)c(C)c2c(c1C)C([O-])=CS2(=O)=O. The van der Waals surface area contributed by atoms with Gasteiger partial charge in [0.1, 0.15) is 4.93 Å². The highest BCUT2D eigenvalue weighted by Gasteiger charge is 2.34. The van der Waals surface area contributed by atoms with Crippen LogP contribution in [0.3, 0.4) is 0 Å². The number of sulfone groups is 2. The highest BCUT2D eigenvalue weighted by molar-refractivity contribution is 7.95. The van der Waals surface area contributed by atoms with Gasteiger partial charge >= 0.3 is 0 Å². The van der Waals surface area contributed by atoms with Gasteiger partial charge in [-0.25, -0.2) is 16.8 Å². The molecular formula is C17H20O7S2-2. The summed E-state index contributed by atoms with van der Waals surface area (Å²) in [5, 5.41) is 23.5. The van der Waals surface area contributed by atoms with Gasteiger partial charge in [0, 0.05) is 5.41 Å². The van der Waals surface area contributed by atoms with Gasteiger partial charge in [0.25, 0.3) is 0 Å². The van der Waals surface area contributed by atoms with E-state index in [4.69, 9.17) is 0 Å². The zero-order valence-electron chi connectivity index (χ0n) is 15.3. The predicted molar refractivity (Wildman–Crippen MR) is 92.7 cm³/mol.